The molecule has 1 saturated carbocycles. The van der Waals surface area contributed by atoms with Gasteiger partial charge in [-0.05, 0) is 61.2 Å². The molecule has 5 rings (SSSR count). The minimum absolute atomic E-state index is 0.0734. The molecular formula is C28H27F2N3O6. The molecule has 2 aromatic carbocycles. The van der Waals surface area contributed by atoms with E-state index in [9.17, 15) is 18.4 Å². The Hall–Kier alpha value is -4.09. The molecule has 0 spiro atoms. The topological polar surface area (TPSA) is 119 Å². The van der Waals surface area contributed by atoms with Crippen molar-refractivity contribution >= 4 is 17.6 Å². The molecule has 1 aliphatic heterocycles. The van der Waals surface area contributed by atoms with Gasteiger partial charge >= 0.3 is 6.29 Å². The number of nitrogens with one attached hydrogen (secondary N) is 2. The number of alkyl halides is 2. The molecule has 0 bridgehead atoms. The number of aryl methyl sites for hydroxylation is 1. The summed E-state index contributed by atoms with van der Waals surface area (Å²) in [5.41, 5.74) is 2.28. The van der Waals surface area contributed by atoms with E-state index in [-0.39, 0.29) is 43.1 Å². The molecule has 11 heteroatoms. The summed E-state index contributed by atoms with van der Waals surface area (Å²) < 4.78 is 41.0. The van der Waals surface area contributed by atoms with Crippen LogP contribution in [-0.2, 0) is 14.9 Å². The molecule has 39 heavy (non-hydrogen) atoms. The molecule has 2 aliphatic rings. The van der Waals surface area contributed by atoms with E-state index in [2.05, 4.69) is 25.1 Å². The smallest absolute Gasteiger partial charge is 0.395 e. The largest absolute Gasteiger partial charge is 0.586 e. The van der Waals surface area contributed by atoms with Crippen molar-refractivity contribution in [2.45, 2.75) is 31.5 Å². The summed E-state index contributed by atoms with van der Waals surface area (Å²) in [5.74, 6) is -0.421. The first-order chi connectivity index (χ1) is 18.7. The average Bonchev–Trinajstić information content (AvgIpc) is 3.66. The van der Waals surface area contributed by atoms with Crippen LogP contribution >= 0.6 is 0 Å². The van der Waals surface area contributed by atoms with Crippen LogP contribution in [0.15, 0.2) is 54.6 Å². The maximum atomic E-state index is 13.4. The molecule has 3 N–H and O–H groups in total. The number of aliphatic hydroxyl groups excluding tert-OH is 1. The van der Waals surface area contributed by atoms with Crippen molar-refractivity contribution in [3.8, 4) is 22.8 Å². The third-order valence-corrected chi connectivity index (χ3v) is 6.64. The Kier molecular flexibility index (Phi) is 7.19. The second kappa shape index (κ2) is 10.6. The van der Waals surface area contributed by atoms with E-state index in [1.807, 2.05) is 19.1 Å². The van der Waals surface area contributed by atoms with E-state index in [4.69, 9.17) is 9.84 Å². The summed E-state index contributed by atoms with van der Waals surface area (Å²) in [7, 11) is 0. The average molecular weight is 540 g/mol. The van der Waals surface area contributed by atoms with Gasteiger partial charge in [0, 0.05) is 17.7 Å². The number of carbonyl (C=O) groups excluding carboxylic acids is 2. The van der Waals surface area contributed by atoms with Gasteiger partial charge in [0.05, 0.1) is 30.9 Å². The van der Waals surface area contributed by atoms with Crippen LogP contribution in [0.5, 0.6) is 11.5 Å². The molecule has 0 atom stereocenters. The highest BCUT2D eigenvalue weighted by molar-refractivity contribution is 6.01. The molecule has 2 heterocycles. The number of ether oxygens (including phenoxy) is 3. The molecule has 1 fully saturated rings. The maximum absolute atomic E-state index is 13.4. The van der Waals surface area contributed by atoms with Gasteiger partial charge in [-0.1, -0.05) is 24.3 Å². The summed E-state index contributed by atoms with van der Waals surface area (Å²) in [6.45, 7) is 2.59. The summed E-state index contributed by atoms with van der Waals surface area (Å²) in [6, 6.07) is 14.9. The van der Waals surface area contributed by atoms with Gasteiger partial charge in [0.2, 0.25) is 5.91 Å². The van der Waals surface area contributed by atoms with E-state index in [0.29, 0.717) is 47.6 Å². The summed E-state index contributed by atoms with van der Waals surface area (Å²) >= 11 is 0. The van der Waals surface area contributed by atoms with Crippen molar-refractivity contribution in [3.63, 3.8) is 0 Å². The standard InChI is InChI=1S/C28H27F2N3O6/c1-17-5-8-23(32-24(17)18-3-2-4-19(15-18)25(35)31-11-13-37-14-12-34)33-26(36)27(9-10-27)20-6-7-21-22(16-20)39-28(29,30)38-21/h2-8,15-16,34H,9-14H2,1H3,(H,31,35)(H,32,33,36). The zero-order valence-electron chi connectivity index (χ0n) is 21.1. The number of carbonyl (C=O) groups is 2. The first kappa shape index (κ1) is 26.5. The highest BCUT2D eigenvalue weighted by atomic mass is 19.3. The Morgan fingerprint density at radius 2 is 1.85 bits per heavy atom. The molecule has 0 radical (unpaired) electrons. The fraction of sp³-hybridized carbons (Fsp3) is 0.321. The SMILES string of the molecule is Cc1ccc(NC(=O)C2(c3ccc4c(c3)OC(F)(F)O4)CC2)nc1-c1cccc(C(=O)NCCOCCO)c1. The van der Waals surface area contributed by atoms with Gasteiger partial charge in [-0.25, -0.2) is 4.98 Å². The quantitative estimate of drug-likeness (QED) is 0.336. The number of benzene rings is 2. The predicted molar refractivity (Wildman–Crippen MR) is 137 cm³/mol. The van der Waals surface area contributed by atoms with Gasteiger partial charge < -0.3 is 30.0 Å². The zero-order chi connectivity index (χ0) is 27.6. The second-order valence-corrected chi connectivity index (χ2v) is 9.40. The predicted octanol–water partition coefficient (Wildman–Crippen LogP) is 3.79. The van der Waals surface area contributed by atoms with E-state index < -0.39 is 11.7 Å². The maximum Gasteiger partial charge on any atom is 0.586 e. The fourth-order valence-electron chi connectivity index (χ4n) is 4.46. The van der Waals surface area contributed by atoms with Gasteiger partial charge in [-0.2, -0.15) is 0 Å². The molecule has 1 aliphatic carbocycles. The van der Waals surface area contributed by atoms with Crippen molar-refractivity contribution in [3.05, 3.63) is 71.3 Å². The van der Waals surface area contributed by atoms with Crippen molar-refractivity contribution in [1.82, 2.24) is 10.3 Å². The molecule has 204 valence electrons. The van der Waals surface area contributed by atoms with Crippen molar-refractivity contribution in [2.24, 2.45) is 0 Å². The normalized spacial score (nSPS) is 16.0. The van der Waals surface area contributed by atoms with Crippen LogP contribution in [0.4, 0.5) is 14.6 Å². The van der Waals surface area contributed by atoms with Gasteiger partial charge in [0.15, 0.2) is 11.5 Å². The Morgan fingerprint density at radius 1 is 1.05 bits per heavy atom. The van der Waals surface area contributed by atoms with E-state index >= 15 is 0 Å². The highest BCUT2D eigenvalue weighted by Gasteiger charge is 2.53. The first-order valence-corrected chi connectivity index (χ1v) is 12.5. The van der Waals surface area contributed by atoms with Crippen LogP contribution in [0.3, 0.4) is 0 Å². The van der Waals surface area contributed by atoms with Crippen molar-refractivity contribution in [2.75, 3.05) is 31.7 Å². The molecule has 0 unspecified atom stereocenters. The van der Waals surface area contributed by atoms with Gasteiger partial charge in [-0.3, -0.25) is 9.59 Å². The van der Waals surface area contributed by atoms with E-state index in [0.717, 1.165) is 5.56 Å². The Bertz CT molecular complexity index is 1410. The lowest BCUT2D eigenvalue weighted by Crippen LogP contribution is -2.28. The second-order valence-electron chi connectivity index (χ2n) is 9.40. The molecule has 2 amide bonds. The van der Waals surface area contributed by atoms with Crippen molar-refractivity contribution < 1.29 is 37.7 Å². The first-order valence-electron chi connectivity index (χ1n) is 12.5. The molecule has 3 aromatic rings. The van der Waals surface area contributed by atoms with E-state index in [1.54, 1.807) is 30.3 Å². The number of amides is 2. The number of nitrogens with zero attached hydrogens (tertiary/aromatic N) is 1. The Morgan fingerprint density at radius 3 is 2.62 bits per heavy atom. The number of hydrogen-bond donors (Lipinski definition) is 3. The van der Waals surface area contributed by atoms with Crippen LogP contribution in [-0.4, -0.2) is 54.6 Å². The third-order valence-electron chi connectivity index (χ3n) is 6.64. The van der Waals surface area contributed by atoms with Gasteiger partial charge in [0.1, 0.15) is 5.82 Å². The van der Waals surface area contributed by atoms with Crippen LogP contribution in [0.1, 0.15) is 34.3 Å². The molecule has 9 nitrogen and oxygen atoms in total. The summed E-state index contributed by atoms with van der Waals surface area (Å²) in [5, 5.41) is 14.4. The number of anilines is 1. The van der Waals surface area contributed by atoms with Gasteiger partial charge in [0.25, 0.3) is 5.91 Å². The van der Waals surface area contributed by atoms with Crippen LogP contribution < -0.4 is 20.1 Å². The number of halogens is 2. The highest BCUT2D eigenvalue weighted by Crippen LogP contribution is 2.52. The number of pyridine rings is 1. The Balaban J connectivity index is 1.30. The molecular weight excluding hydrogens is 512 g/mol. The van der Waals surface area contributed by atoms with Crippen molar-refractivity contribution in [1.29, 1.82) is 0 Å². The monoisotopic (exact) mass is 539 g/mol. The zero-order valence-corrected chi connectivity index (χ0v) is 21.1. The molecule has 0 saturated heterocycles. The lowest BCUT2D eigenvalue weighted by Gasteiger charge is -2.17. The number of rotatable bonds is 10. The number of fused-ring (bicyclic) bond motifs is 1. The van der Waals surface area contributed by atoms with Gasteiger partial charge in [-0.15, -0.1) is 8.78 Å². The minimum atomic E-state index is -3.73. The van der Waals surface area contributed by atoms with Crippen LogP contribution in [0.2, 0.25) is 0 Å². The van der Waals surface area contributed by atoms with E-state index in [1.165, 1.54) is 12.1 Å². The van der Waals surface area contributed by atoms with Crippen LogP contribution in [0.25, 0.3) is 11.3 Å². The minimum Gasteiger partial charge on any atom is -0.395 e. The number of aromatic nitrogens is 1. The lowest BCUT2D eigenvalue weighted by atomic mass is 9.94. The lowest BCUT2D eigenvalue weighted by molar-refractivity contribution is -0.286. The van der Waals surface area contributed by atoms with Crippen LogP contribution in [0, 0.1) is 6.92 Å². The fourth-order valence-corrected chi connectivity index (χ4v) is 4.46. The number of hydrogen-bond acceptors (Lipinski definition) is 7. The summed E-state index contributed by atoms with van der Waals surface area (Å²) in [6.07, 6.45) is -2.62. The third kappa shape index (κ3) is 5.69. The summed E-state index contributed by atoms with van der Waals surface area (Å²) in [4.78, 5) is 30.5. The molecule has 1 aromatic heterocycles. The Labute approximate surface area is 223 Å². The number of aliphatic hydroxyl groups is 1.